The average molecular weight is 236 g/mol. The number of rotatable bonds is 1. The third kappa shape index (κ3) is 1.83. The first-order valence-electron chi connectivity index (χ1n) is 6.84. The molecule has 2 aliphatic carbocycles. The standard InChI is InChI=1S/C13H20N2O2/c16-11-9-13(7-2-1-3-8-13)14-12(17)15(11)10-5-4-6-10/h10H,1-9H2,(H,14,17). The van der Waals surface area contributed by atoms with Crippen LogP contribution in [-0.4, -0.2) is 28.4 Å². The Morgan fingerprint density at radius 1 is 1.06 bits per heavy atom. The highest BCUT2D eigenvalue weighted by molar-refractivity contribution is 5.98. The van der Waals surface area contributed by atoms with E-state index in [9.17, 15) is 9.59 Å². The number of carbonyl (C=O) groups excluding carboxylic acids is 2. The minimum Gasteiger partial charge on any atom is -0.332 e. The second kappa shape index (κ2) is 4.00. The van der Waals surface area contributed by atoms with Gasteiger partial charge in [0.1, 0.15) is 0 Å². The number of urea groups is 1. The highest BCUT2D eigenvalue weighted by Gasteiger charge is 2.46. The first kappa shape index (κ1) is 11.1. The Morgan fingerprint density at radius 3 is 2.29 bits per heavy atom. The lowest BCUT2D eigenvalue weighted by Crippen LogP contribution is -2.65. The highest BCUT2D eigenvalue weighted by Crippen LogP contribution is 2.36. The molecule has 1 spiro atoms. The van der Waals surface area contributed by atoms with E-state index in [-0.39, 0.29) is 23.5 Å². The summed E-state index contributed by atoms with van der Waals surface area (Å²) in [7, 11) is 0. The molecular weight excluding hydrogens is 216 g/mol. The van der Waals surface area contributed by atoms with Gasteiger partial charge in [0.25, 0.3) is 0 Å². The van der Waals surface area contributed by atoms with Gasteiger partial charge in [-0.15, -0.1) is 0 Å². The largest absolute Gasteiger partial charge is 0.332 e. The number of hydrogen-bond acceptors (Lipinski definition) is 2. The molecule has 4 nitrogen and oxygen atoms in total. The zero-order valence-corrected chi connectivity index (χ0v) is 10.2. The Bertz CT molecular complexity index is 323. The second-order valence-corrected chi connectivity index (χ2v) is 5.80. The van der Waals surface area contributed by atoms with Gasteiger partial charge in [-0.25, -0.2) is 4.79 Å². The van der Waals surface area contributed by atoms with Gasteiger partial charge in [0.2, 0.25) is 5.91 Å². The third-order valence-corrected chi connectivity index (χ3v) is 4.60. The van der Waals surface area contributed by atoms with Crippen LogP contribution < -0.4 is 5.32 Å². The van der Waals surface area contributed by atoms with Gasteiger partial charge in [0.15, 0.2) is 0 Å². The summed E-state index contributed by atoms with van der Waals surface area (Å²) in [4.78, 5) is 25.8. The zero-order valence-electron chi connectivity index (χ0n) is 10.2. The summed E-state index contributed by atoms with van der Waals surface area (Å²) < 4.78 is 0. The van der Waals surface area contributed by atoms with E-state index in [0.717, 1.165) is 44.9 Å². The van der Waals surface area contributed by atoms with Crippen molar-refractivity contribution in [2.24, 2.45) is 0 Å². The molecule has 17 heavy (non-hydrogen) atoms. The van der Waals surface area contributed by atoms with Crippen LogP contribution in [0.5, 0.6) is 0 Å². The predicted octanol–water partition coefficient (Wildman–Crippen LogP) is 2.18. The molecule has 2 saturated carbocycles. The smallest absolute Gasteiger partial charge is 0.324 e. The van der Waals surface area contributed by atoms with E-state index in [4.69, 9.17) is 0 Å². The molecule has 3 rings (SSSR count). The molecule has 0 aromatic carbocycles. The fourth-order valence-electron chi connectivity index (χ4n) is 3.36. The van der Waals surface area contributed by atoms with E-state index >= 15 is 0 Å². The maximum atomic E-state index is 12.2. The first-order chi connectivity index (χ1) is 8.20. The minimum absolute atomic E-state index is 0.0559. The van der Waals surface area contributed by atoms with E-state index in [0.29, 0.717) is 6.42 Å². The molecule has 0 bridgehead atoms. The van der Waals surface area contributed by atoms with Gasteiger partial charge in [-0.05, 0) is 32.1 Å². The number of carbonyl (C=O) groups is 2. The fraction of sp³-hybridized carbons (Fsp3) is 0.846. The molecule has 1 saturated heterocycles. The van der Waals surface area contributed by atoms with Gasteiger partial charge in [0.05, 0.1) is 12.0 Å². The Morgan fingerprint density at radius 2 is 1.76 bits per heavy atom. The van der Waals surface area contributed by atoms with Crippen LogP contribution in [0.25, 0.3) is 0 Å². The molecule has 1 heterocycles. The van der Waals surface area contributed by atoms with Crippen LogP contribution in [0, 0.1) is 0 Å². The Balaban J connectivity index is 1.74. The van der Waals surface area contributed by atoms with Crippen molar-refractivity contribution in [3.8, 4) is 0 Å². The summed E-state index contributed by atoms with van der Waals surface area (Å²) in [5.74, 6) is 0.0559. The van der Waals surface area contributed by atoms with Crippen molar-refractivity contribution >= 4 is 11.9 Å². The van der Waals surface area contributed by atoms with Gasteiger partial charge in [-0.3, -0.25) is 9.69 Å². The predicted molar refractivity (Wildman–Crippen MR) is 63.4 cm³/mol. The van der Waals surface area contributed by atoms with Gasteiger partial charge >= 0.3 is 6.03 Å². The summed E-state index contributed by atoms with van der Waals surface area (Å²) in [5, 5.41) is 3.13. The molecule has 3 fully saturated rings. The van der Waals surface area contributed by atoms with E-state index in [1.165, 1.54) is 11.3 Å². The molecule has 0 unspecified atom stereocenters. The van der Waals surface area contributed by atoms with E-state index < -0.39 is 0 Å². The molecule has 3 amide bonds. The number of nitrogens with one attached hydrogen (secondary N) is 1. The third-order valence-electron chi connectivity index (χ3n) is 4.60. The van der Waals surface area contributed by atoms with E-state index in [2.05, 4.69) is 5.32 Å². The van der Waals surface area contributed by atoms with Crippen LogP contribution in [0.4, 0.5) is 4.79 Å². The summed E-state index contributed by atoms with van der Waals surface area (Å²) in [6, 6.07) is 0.0521. The van der Waals surface area contributed by atoms with Crippen LogP contribution in [0.2, 0.25) is 0 Å². The van der Waals surface area contributed by atoms with Crippen molar-refractivity contribution in [3.05, 3.63) is 0 Å². The Labute approximate surface area is 102 Å². The summed E-state index contributed by atoms with van der Waals surface area (Å²) >= 11 is 0. The van der Waals surface area contributed by atoms with Crippen molar-refractivity contribution in [3.63, 3.8) is 0 Å². The molecular formula is C13H20N2O2. The molecule has 0 atom stereocenters. The van der Waals surface area contributed by atoms with E-state index in [1.54, 1.807) is 0 Å². The quantitative estimate of drug-likeness (QED) is 0.758. The number of imide groups is 1. The van der Waals surface area contributed by atoms with Crippen LogP contribution in [0.3, 0.4) is 0 Å². The normalized spacial score (nSPS) is 29.1. The summed E-state index contributed by atoms with van der Waals surface area (Å²) in [5.41, 5.74) is -0.202. The molecule has 1 aliphatic heterocycles. The van der Waals surface area contributed by atoms with Crippen molar-refractivity contribution in [2.75, 3.05) is 0 Å². The average Bonchev–Trinajstić information content (AvgIpc) is 2.22. The van der Waals surface area contributed by atoms with Crippen LogP contribution in [0.1, 0.15) is 57.8 Å². The van der Waals surface area contributed by atoms with E-state index in [1.807, 2.05) is 0 Å². The Kier molecular flexibility index (Phi) is 2.60. The van der Waals surface area contributed by atoms with Crippen LogP contribution in [0.15, 0.2) is 0 Å². The van der Waals surface area contributed by atoms with Crippen molar-refractivity contribution < 1.29 is 9.59 Å². The molecule has 4 heteroatoms. The molecule has 1 N–H and O–H groups in total. The first-order valence-corrected chi connectivity index (χ1v) is 6.84. The van der Waals surface area contributed by atoms with Crippen molar-refractivity contribution in [1.29, 1.82) is 0 Å². The van der Waals surface area contributed by atoms with Crippen LogP contribution >= 0.6 is 0 Å². The minimum atomic E-state index is -0.202. The van der Waals surface area contributed by atoms with Gasteiger partial charge in [0, 0.05) is 6.04 Å². The van der Waals surface area contributed by atoms with Crippen molar-refractivity contribution in [1.82, 2.24) is 10.2 Å². The summed E-state index contributed by atoms with van der Waals surface area (Å²) in [6.07, 6.45) is 9.11. The lowest BCUT2D eigenvalue weighted by Gasteiger charge is -2.47. The number of nitrogens with zero attached hydrogens (tertiary/aromatic N) is 1. The van der Waals surface area contributed by atoms with Gasteiger partial charge in [-0.1, -0.05) is 19.3 Å². The maximum absolute atomic E-state index is 12.2. The number of amides is 3. The van der Waals surface area contributed by atoms with Crippen LogP contribution in [-0.2, 0) is 4.79 Å². The molecule has 0 radical (unpaired) electrons. The molecule has 94 valence electrons. The summed E-state index contributed by atoms with van der Waals surface area (Å²) in [6.45, 7) is 0. The second-order valence-electron chi connectivity index (χ2n) is 5.80. The fourth-order valence-corrected chi connectivity index (χ4v) is 3.36. The van der Waals surface area contributed by atoms with Gasteiger partial charge in [-0.2, -0.15) is 0 Å². The maximum Gasteiger partial charge on any atom is 0.324 e. The SMILES string of the molecule is O=C1CC2(CCCCC2)NC(=O)N1C1CCC1. The topological polar surface area (TPSA) is 49.4 Å². The zero-order chi connectivity index (χ0) is 11.9. The molecule has 3 aliphatic rings. The molecule has 0 aromatic heterocycles. The Hall–Kier alpha value is -1.06. The lowest BCUT2D eigenvalue weighted by atomic mass is 9.77. The molecule has 0 aromatic rings. The van der Waals surface area contributed by atoms with Gasteiger partial charge < -0.3 is 5.32 Å². The lowest BCUT2D eigenvalue weighted by molar-refractivity contribution is -0.135. The van der Waals surface area contributed by atoms with Crippen molar-refractivity contribution in [2.45, 2.75) is 69.4 Å². The number of hydrogen-bond donors (Lipinski definition) is 1. The highest BCUT2D eigenvalue weighted by atomic mass is 16.2. The monoisotopic (exact) mass is 236 g/mol.